The molecule has 0 saturated carbocycles. The highest BCUT2D eigenvalue weighted by molar-refractivity contribution is 5.70. The van der Waals surface area contributed by atoms with Crippen molar-refractivity contribution in [2.75, 3.05) is 19.8 Å². The van der Waals surface area contributed by atoms with Gasteiger partial charge in [-0.05, 0) is 87.1 Å². The summed E-state index contributed by atoms with van der Waals surface area (Å²) in [6, 6.07) is 10.9. The third-order valence-corrected chi connectivity index (χ3v) is 7.02. The number of aryl methyl sites for hydroxylation is 1. The average Bonchev–Trinajstić information content (AvgIpc) is 3.28. The van der Waals surface area contributed by atoms with Crippen LogP contribution >= 0.6 is 0 Å². The summed E-state index contributed by atoms with van der Waals surface area (Å²) in [6.07, 6.45) is 2.75. The minimum absolute atomic E-state index is 0.0405. The lowest BCUT2D eigenvalue weighted by Gasteiger charge is -2.31. The fourth-order valence-corrected chi connectivity index (χ4v) is 5.21. The van der Waals surface area contributed by atoms with Gasteiger partial charge in [-0.1, -0.05) is 38.1 Å². The summed E-state index contributed by atoms with van der Waals surface area (Å²) in [5.74, 6) is -2.64. The highest BCUT2D eigenvalue weighted by atomic mass is 19.2. The van der Waals surface area contributed by atoms with Crippen molar-refractivity contribution in [2.24, 2.45) is 11.8 Å². The predicted molar refractivity (Wildman–Crippen MR) is 150 cm³/mol. The van der Waals surface area contributed by atoms with Crippen molar-refractivity contribution >= 4 is 11.9 Å². The maximum absolute atomic E-state index is 14.6. The molecule has 0 aliphatic heterocycles. The second-order valence-corrected chi connectivity index (χ2v) is 11.7. The first-order valence-electron chi connectivity index (χ1n) is 14.2. The van der Waals surface area contributed by atoms with Gasteiger partial charge in [-0.15, -0.1) is 0 Å². The number of esters is 2. The first kappa shape index (κ1) is 31.5. The molecular weight excluding hydrogens is 516 g/mol. The molecule has 1 N–H and O–H groups in total. The fourth-order valence-electron chi connectivity index (χ4n) is 5.21. The van der Waals surface area contributed by atoms with E-state index in [0.29, 0.717) is 18.0 Å². The molecule has 0 saturated heterocycles. The van der Waals surface area contributed by atoms with Crippen LogP contribution in [0.4, 0.5) is 8.78 Å². The number of carbonyl (C=O) groups is 2. The van der Waals surface area contributed by atoms with E-state index in [9.17, 15) is 18.4 Å². The monoisotopic (exact) mass is 559 g/mol. The SMILES string of the molecule is CCOC(=O)CCc1cc(F)c(F)c(OC[C@@H](CNC(C)(C)CC2Cc3ccccc3C2)OC(=O)CC(C)C)c1. The largest absolute Gasteiger partial charge is 0.486 e. The third-order valence-electron chi connectivity index (χ3n) is 7.02. The lowest BCUT2D eigenvalue weighted by molar-refractivity contribution is -0.151. The summed E-state index contributed by atoms with van der Waals surface area (Å²) in [5, 5.41) is 3.51. The van der Waals surface area contributed by atoms with Crippen LogP contribution in [0, 0.1) is 23.5 Å². The molecule has 0 radical (unpaired) electrons. The maximum atomic E-state index is 14.6. The summed E-state index contributed by atoms with van der Waals surface area (Å²) in [6.45, 7) is 10.2. The molecule has 8 heteroatoms. The molecule has 0 heterocycles. The molecule has 1 aliphatic rings. The minimum Gasteiger partial charge on any atom is -0.486 e. The molecule has 3 rings (SSSR count). The lowest BCUT2D eigenvalue weighted by Crippen LogP contribution is -2.47. The van der Waals surface area contributed by atoms with Gasteiger partial charge in [0.15, 0.2) is 11.6 Å². The Morgan fingerprint density at radius 1 is 1.07 bits per heavy atom. The van der Waals surface area contributed by atoms with Gasteiger partial charge in [0, 0.05) is 24.9 Å². The Balaban J connectivity index is 1.63. The third kappa shape index (κ3) is 9.88. The molecule has 2 aromatic carbocycles. The normalized spacial score (nSPS) is 14.2. The number of carbonyl (C=O) groups excluding carboxylic acids is 2. The first-order valence-corrected chi connectivity index (χ1v) is 14.2. The number of halogens is 2. The number of ether oxygens (including phenoxy) is 3. The summed E-state index contributed by atoms with van der Waals surface area (Å²) in [5.41, 5.74) is 2.96. The molecule has 0 fully saturated rings. The molecule has 0 aromatic heterocycles. The van der Waals surface area contributed by atoms with Crippen LogP contribution in [-0.2, 0) is 38.3 Å². The van der Waals surface area contributed by atoms with Gasteiger partial charge in [-0.3, -0.25) is 9.59 Å². The van der Waals surface area contributed by atoms with Crippen molar-refractivity contribution in [3.05, 3.63) is 64.7 Å². The molecular formula is C32H43F2NO5. The smallest absolute Gasteiger partial charge is 0.306 e. The Bertz CT molecular complexity index is 1130. The molecule has 1 aliphatic carbocycles. The zero-order valence-electron chi connectivity index (χ0n) is 24.4. The molecule has 0 unspecified atom stereocenters. The van der Waals surface area contributed by atoms with Crippen molar-refractivity contribution in [1.29, 1.82) is 0 Å². The molecule has 0 bridgehead atoms. The second kappa shape index (κ2) is 14.6. The van der Waals surface area contributed by atoms with Crippen LogP contribution in [0.5, 0.6) is 5.75 Å². The van der Waals surface area contributed by atoms with Gasteiger partial charge >= 0.3 is 11.9 Å². The van der Waals surface area contributed by atoms with Gasteiger partial charge in [-0.25, -0.2) is 4.39 Å². The number of fused-ring (bicyclic) bond motifs is 1. The summed E-state index contributed by atoms with van der Waals surface area (Å²) >= 11 is 0. The molecule has 40 heavy (non-hydrogen) atoms. The Morgan fingerprint density at radius 3 is 2.38 bits per heavy atom. The maximum Gasteiger partial charge on any atom is 0.306 e. The van der Waals surface area contributed by atoms with Crippen LogP contribution < -0.4 is 10.1 Å². The lowest BCUT2D eigenvalue weighted by atomic mass is 9.88. The van der Waals surface area contributed by atoms with E-state index in [1.54, 1.807) is 6.92 Å². The summed E-state index contributed by atoms with van der Waals surface area (Å²) < 4.78 is 45.2. The molecule has 1 atom stereocenters. The van der Waals surface area contributed by atoms with E-state index < -0.39 is 23.7 Å². The quantitative estimate of drug-likeness (QED) is 0.271. The molecule has 2 aromatic rings. The Hall–Kier alpha value is -3.00. The average molecular weight is 560 g/mol. The number of nitrogens with one attached hydrogen (secondary N) is 1. The van der Waals surface area contributed by atoms with Gasteiger partial charge in [0.2, 0.25) is 5.82 Å². The van der Waals surface area contributed by atoms with Crippen molar-refractivity contribution < 1.29 is 32.6 Å². The van der Waals surface area contributed by atoms with Crippen LogP contribution in [-0.4, -0.2) is 43.3 Å². The predicted octanol–water partition coefficient (Wildman–Crippen LogP) is 5.97. The van der Waals surface area contributed by atoms with E-state index in [1.165, 1.54) is 17.2 Å². The highest BCUT2D eigenvalue weighted by Crippen LogP contribution is 2.32. The zero-order valence-corrected chi connectivity index (χ0v) is 24.4. The van der Waals surface area contributed by atoms with E-state index in [0.717, 1.165) is 25.3 Å². The van der Waals surface area contributed by atoms with Crippen molar-refractivity contribution in [3.8, 4) is 5.75 Å². The Kier molecular flexibility index (Phi) is 11.5. The molecule has 220 valence electrons. The summed E-state index contributed by atoms with van der Waals surface area (Å²) in [7, 11) is 0. The number of rotatable bonds is 15. The Labute approximate surface area is 236 Å². The molecule has 6 nitrogen and oxygen atoms in total. The standard InChI is InChI=1S/C32H43F2NO5/c1-6-38-29(36)12-11-22-16-27(33)31(34)28(17-22)39-20-26(40-30(37)13-21(2)3)19-35-32(4,5)18-23-14-24-9-7-8-10-25(24)15-23/h7-10,16-17,21,23,26,35H,6,11-15,18-20H2,1-5H3/t26-/m1/s1. The van der Waals surface area contributed by atoms with E-state index in [1.807, 2.05) is 13.8 Å². The zero-order chi connectivity index (χ0) is 29.3. The topological polar surface area (TPSA) is 73.9 Å². The van der Waals surface area contributed by atoms with Crippen LogP contribution in [0.15, 0.2) is 36.4 Å². The van der Waals surface area contributed by atoms with Gasteiger partial charge in [-0.2, -0.15) is 4.39 Å². The van der Waals surface area contributed by atoms with Crippen LogP contribution in [0.1, 0.15) is 70.6 Å². The highest BCUT2D eigenvalue weighted by Gasteiger charge is 2.29. The minimum atomic E-state index is -1.12. The first-order chi connectivity index (χ1) is 19.0. The van der Waals surface area contributed by atoms with Crippen molar-refractivity contribution in [1.82, 2.24) is 5.32 Å². The van der Waals surface area contributed by atoms with E-state index in [4.69, 9.17) is 14.2 Å². The van der Waals surface area contributed by atoms with Crippen LogP contribution in [0.25, 0.3) is 0 Å². The van der Waals surface area contributed by atoms with Crippen molar-refractivity contribution in [2.45, 2.75) is 84.8 Å². The van der Waals surface area contributed by atoms with Gasteiger partial charge < -0.3 is 19.5 Å². The molecule has 0 amide bonds. The van der Waals surface area contributed by atoms with Crippen LogP contribution in [0.3, 0.4) is 0 Å². The van der Waals surface area contributed by atoms with Gasteiger partial charge in [0.05, 0.1) is 6.61 Å². The van der Waals surface area contributed by atoms with Gasteiger partial charge in [0.25, 0.3) is 0 Å². The van der Waals surface area contributed by atoms with Crippen molar-refractivity contribution in [3.63, 3.8) is 0 Å². The fraction of sp³-hybridized carbons (Fsp3) is 0.562. The number of benzene rings is 2. The molecule has 0 spiro atoms. The van der Waals surface area contributed by atoms with E-state index in [-0.39, 0.29) is 55.7 Å². The Morgan fingerprint density at radius 2 is 1.75 bits per heavy atom. The number of hydrogen-bond acceptors (Lipinski definition) is 6. The second-order valence-electron chi connectivity index (χ2n) is 11.7. The number of hydrogen-bond donors (Lipinski definition) is 1. The van der Waals surface area contributed by atoms with Crippen LogP contribution in [0.2, 0.25) is 0 Å². The van der Waals surface area contributed by atoms with Gasteiger partial charge in [0.1, 0.15) is 12.7 Å². The van der Waals surface area contributed by atoms with E-state index in [2.05, 4.69) is 43.4 Å². The van der Waals surface area contributed by atoms with E-state index >= 15 is 0 Å². The summed E-state index contributed by atoms with van der Waals surface area (Å²) in [4.78, 5) is 24.2.